The Morgan fingerprint density at radius 3 is 2.67 bits per heavy atom. The van der Waals surface area contributed by atoms with Gasteiger partial charge in [-0.1, -0.05) is 49.2 Å². The Morgan fingerprint density at radius 1 is 1.15 bits per heavy atom. The third-order valence-electron chi connectivity index (χ3n) is 10.4. The molecule has 2 N–H and O–H groups in total. The Hall–Kier alpha value is -1.99. The average molecular weight is 586 g/mol. The van der Waals surface area contributed by atoms with Gasteiger partial charge in [0.2, 0.25) is 5.91 Å². The molecule has 0 radical (unpaired) electrons. The van der Waals surface area contributed by atoms with E-state index in [9.17, 15) is 15.0 Å². The van der Waals surface area contributed by atoms with E-state index in [0.717, 1.165) is 43.0 Å². The summed E-state index contributed by atoms with van der Waals surface area (Å²) >= 11 is 12.4. The van der Waals surface area contributed by atoms with Crippen LogP contribution in [0.15, 0.2) is 30.3 Å². The predicted molar refractivity (Wildman–Crippen MR) is 155 cm³/mol. The van der Waals surface area contributed by atoms with Crippen molar-refractivity contribution in [1.29, 1.82) is 0 Å². The largest absolute Gasteiger partial charge is 0.504 e. The second-order valence-corrected chi connectivity index (χ2v) is 14.1. The fraction of sp³-hybridized carbons (Fsp3) is 0.594. The number of likely N-dealkylation sites (tertiary alicyclic amines) is 1. The van der Waals surface area contributed by atoms with Gasteiger partial charge in [0, 0.05) is 24.7 Å². The summed E-state index contributed by atoms with van der Waals surface area (Å²) in [6.45, 7) is 6.77. The van der Waals surface area contributed by atoms with Crippen molar-refractivity contribution in [2.45, 2.75) is 88.0 Å². The van der Waals surface area contributed by atoms with Crippen molar-refractivity contribution in [3.05, 3.63) is 57.1 Å². The first-order valence-corrected chi connectivity index (χ1v) is 15.6. The lowest BCUT2D eigenvalue weighted by atomic mass is 9.48. The maximum Gasteiger partial charge on any atom is 0.227 e. The number of hydrogen-bond acceptors (Lipinski definition) is 5. The van der Waals surface area contributed by atoms with Gasteiger partial charge in [-0.15, -0.1) is 0 Å². The van der Waals surface area contributed by atoms with Crippen LogP contribution in [0, 0.1) is 11.8 Å². The minimum Gasteiger partial charge on any atom is -0.504 e. The number of benzene rings is 2. The number of aromatic hydroxyl groups is 1. The van der Waals surface area contributed by atoms with E-state index in [-0.39, 0.29) is 36.1 Å². The van der Waals surface area contributed by atoms with Crippen LogP contribution in [-0.2, 0) is 23.1 Å². The third-order valence-corrected chi connectivity index (χ3v) is 11.1. The smallest absolute Gasteiger partial charge is 0.227 e. The van der Waals surface area contributed by atoms with Crippen LogP contribution >= 0.6 is 23.2 Å². The number of ether oxygens (including phenoxy) is 1. The maximum absolute atomic E-state index is 14.0. The molecule has 2 bridgehead atoms. The van der Waals surface area contributed by atoms with Gasteiger partial charge in [0.15, 0.2) is 11.5 Å². The van der Waals surface area contributed by atoms with Crippen molar-refractivity contribution in [2.24, 2.45) is 11.8 Å². The summed E-state index contributed by atoms with van der Waals surface area (Å²) < 4.78 is 6.75. The van der Waals surface area contributed by atoms with Gasteiger partial charge in [0.05, 0.1) is 33.5 Å². The van der Waals surface area contributed by atoms with Gasteiger partial charge in [-0.3, -0.25) is 9.69 Å². The molecule has 5 aliphatic rings. The lowest BCUT2D eigenvalue weighted by Gasteiger charge is -2.65. The number of phenols is 1. The Balaban J connectivity index is 1.28. The zero-order valence-electron chi connectivity index (χ0n) is 23.2. The summed E-state index contributed by atoms with van der Waals surface area (Å²) in [5.41, 5.74) is 1.36. The highest BCUT2D eigenvalue weighted by molar-refractivity contribution is 6.42. The SMILES string of the molecule is CC(C)CN(C(=O)Cc1ccc(Cl)c(Cl)c1)[C@@H]1CC[C@@]2(O)[C@@H]3Cc4ccc(O)c5c4[C@@]2(CCN3CC2CC2)[C@H]1O5. The van der Waals surface area contributed by atoms with Crippen LogP contribution < -0.4 is 4.74 Å². The van der Waals surface area contributed by atoms with Gasteiger partial charge in [-0.25, -0.2) is 0 Å². The van der Waals surface area contributed by atoms with E-state index in [4.69, 9.17) is 27.9 Å². The Morgan fingerprint density at radius 2 is 1.95 bits per heavy atom. The molecule has 40 heavy (non-hydrogen) atoms. The molecule has 1 amide bonds. The normalized spacial score (nSPS) is 32.1. The third kappa shape index (κ3) is 3.93. The summed E-state index contributed by atoms with van der Waals surface area (Å²) in [6, 6.07) is 8.92. The van der Waals surface area contributed by atoms with Gasteiger partial charge in [-0.05, 0) is 86.2 Å². The molecule has 2 aromatic rings. The molecule has 5 atom stereocenters. The highest BCUT2D eigenvalue weighted by Gasteiger charge is 2.73. The molecule has 0 aromatic heterocycles. The van der Waals surface area contributed by atoms with E-state index >= 15 is 0 Å². The number of piperidine rings is 1. The molecule has 2 saturated carbocycles. The topological polar surface area (TPSA) is 73.2 Å². The minimum atomic E-state index is -0.969. The van der Waals surface area contributed by atoms with Crippen molar-refractivity contribution < 1.29 is 19.7 Å². The number of carbonyl (C=O) groups excluding carboxylic acids is 1. The van der Waals surface area contributed by atoms with Crippen LogP contribution in [0.2, 0.25) is 10.0 Å². The molecule has 1 saturated heterocycles. The average Bonchev–Trinajstić information content (AvgIpc) is 3.65. The van der Waals surface area contributed by atoms with Crippen molar-refractivity contribution in [1.82, 2.24) is 9.80 Å². The van der Waals surface area contributed by atoms with Gasteiger partial charge in [0.1, 0.15) is 6.10 Å². The van der Waals surface area contributed by atoms with Crippen LogP contribution in [0.1, 0.15) is 62.6 Å². The molecule has 3 aliphatic carbocycles. The molecule has 3 fully saturated rings. The number of phenolic OH excluding ortho intramolecular Hbond substituents is 1. The molecular formula is C32H38Cl2N2O4. The minimum absolute atomic E-state index is 0.0152. The first kappa shape index (κ1) is 26.9. The van der Waals surface area contributed by atoms with Crippen molar-refractivity contribution >= 4 is 29.1 Å². The number of rotatable bonds is 7. The van der Waals surface area contributed by atoms with Gasteiger partial charge in [0.25, 0.3) is 0 Å². The summed E-state index contributed by atoms with van der Waals surface area (Å²) in [5, 5.41) is 24.7. The van der Waals surface area contributed by atoms with Gasteiger partial charge in [-0.2, -0.15) is 0 Å². The zero-order valence-corrected chi connectivity index (χ0v) is 24.7. The summed E-state index contributed by atoms with van der Waals surface area (Å²) in [7, 11) is 0. The number of amides is 1. The van der Waals surface area contributed by atoms with E-state index in [0.29, 0.717) is 35.2 Å². The Kier molecular flexibility index (Phi) is 6.40. The Labute approximate surface area is 246 Å². The van der Waals surface area contributed by atoms with E-state index in [1.807, 2.05) is 17.0 Å². The zero-order chi connectivity index (χ0) is 28.0. The van der Waals surface area contributed by atoms with Crippen LogP contribution in [0.5, 0.6) is 11.5 Å². The fourth-order valence-electron chi connectivity index (χ4n) is 8.52. The maximum atomic E-state index is 14.0. The summed E-state index contributed by atoms with van der Waals surface area (Å²) in [6.07, 6.45) is 5.13. The molecule has 6 nitrogen and oxygen atoms in total. The Bertz CT molecular complexity index is 1360. The van der Waals surface area contributed by atoms with Crippen LogP contribution in [-0.4, -0.2) is 69.3 Å². The fourth-order valence-corrected chi connectivity index (χ4v) is 8.84. The molecule has 8 heteroatoms. The number of carbonyl (C=O) groups is 1. The van der Waals surface area contributed by atoms with Crippen molar-refractivity contribution in [3.63, 3.8) is 0 Å². The lowest BCUT2D eigenvalue weighted by molar-refractivity contribution is -0.202. The van der Waals surface area contributed by atoms with E-state index in [1.165, 1.54) is 18.4 Å². The van der Waals surface area contributed by atoms with Crippen LogP contribution in [0.25, 0.3) is 0 Å². The molecule has 0 unspecified atom stereocenters. The number of nitrogens with zero attached hydrogens (tertiary/aromatic N) is 2. The summed E-state index contributed by atoms with van der Waals surface area (Å²) in [4.78, 5) is 18.6. The van der Waals surface area contributed by atoms with Gasteiger partial charge < -0.3 is 19.8 Å². The van der Waals surface area contributed by atoms with E-state index in [2.05, 4.69) is 18.7 Å². The number of aliphatic hydroxyl groups is 1. The number of hydrogen-bond donors (Lipinski definition) is 2. The summed E-state index contributed by atoms with van der Waals surface area (Å²) in [5.74, 6) is 1.65. The molecule has 214 valence electrons. The predicted octanol–water partition coefficient (Wildman–Crippen LogP) is 5.36. The molecular weight excluding hydrogens is 547 g/mol. The molecule has 1 spiro atoms. The quantitative estimate of drug-likeness (QED) is 0.458. The number of halogens is 2. The lowest BCUT2D eigenvalue weighted by Crippen LogP contribution is -2.78. The molecule has 7 rings (SSSR count). The molecule has 2 heterocycles. The highest BCUT2D eigenvalue weighted by atomic mass is 35.5. The van der Waals surface area contributed by atoms with Gasteiger partial charge >= 0.3 is 0 Å². The van der Waals surface area contributed by atoms with E-state index < -0.39 is 17.1 Å². The monoisotopic (exact) mass is 584 g/mol. The molecule has 2 aliphatic heterocycles. The van der Waals surface area contributed by atoms with Crippen LogP contribution in [0.4, 0.5) is 0 Å². The van der Waals surface area contributed by atoms with E-state index in [1.54, 1.807) is 18.2 Å². The first-order chi connectivity index (χ1) is 19.1. The van der Waals surface area contributed by atoms with Crippen LogP contribution in [0.3, 0.4) is 0 Å². The second kappa shape index (κ2) is 9.52. The second-order valence-electron chi connectivity index (χ2n) is 13.3. The first-order valence-electron chi connectivity index (χ1n) is 14.8. The van der Waals surface area contributed by atoms with Crippen molar-refractivity contribution in [2.75, 3.05) is 19.6 Å². The van der Waals surface area contributed by atoms with Crippen molar-refractivity contribution in [3.8, 4) is 11.5 Å². The standard InChI is InChI=1S/C32H38Cl2N2O4/c1-18(2)16-36(27(38)14-20-5-7-22(33)23(34)13-20)24-9-10-32(39)26-15-21-6-8-25(37)29-28(21)31(32,30(24)40-29)11-12-35(26)17-19-3-4-19/h5-8,13,18-19,24,26,30,37,39H,3-4,9-12,14-17H2,1-2H3/t24-,26+,30+,31+,32-/m1/s1. The highest BCUT2D eigenvalue weighted by Crippen LogP contribution is 2.66. The molecule has 2 aromatic carbocycles.